The van der Waals surface area contributed by atoms with Crippen molar-refractivity contribution in [2.75, 3.05) is 20.6 Å². The SMILES string of the molecule is CN(C)C1CC(CN)OC(Sc2ncccn2)C1. The maximum atomic E-state index is 5.95. The van der Waals surface area contributed by atoms with E-state index in [1.807, 2.05) is 6.07 Å². The van der Waals surface area contributed by atoms with Gasteiger partial charge in [-0.05, 0) is 33.0 Å². The third-order valence-electron chi connectivity index (χ3n) is 3.12. The summed E-state index contributed by atoms with van der Waals surface area (Å²) >= 11 is 1.58. The Morgan fingerprint density at radius 1 is 1.39 bits per heavy atom. The number of aromatic nitrogens is 2. The molecule has 1 aromatic heterocycles. The number of rotatable bonds is 4. The van der Waals surface area contributed by atoms with Crippen LogP contribution >= 0.6 is 11.8 Å². The fraction of sp³-hybridized carbons (Fsp3) is 0.667. The summed E-state index contributed by atoms with van der Waals surface area (Å²) in [7, 11) is 4.20. The van der Waals surface area contributed by atoms with Gasteiger partial charge in [-0.1, -0.05) is 11.8 Å². The normalized spacial score (nSPS) is 28.6. The lowest BCUT2D eigenvalue weighted by molar-refractivity contribution is -0.0298. The van der Waals surface area contributed by atoms with Gasteiger partial charge in [0.15, 0.2) is 5.16 Å². The fourth-order valence-corrected chi connectivity index (χ4v) is 3.07. The maximum Gasteiger partial charge on any atom is 0.189 e. The molecule has 100 valence electrons. The topological polar surface area (TPSA) is 64.3 Å². The first-order valence-electron chi connectivity index (χ1n) is 6.14. The molecule has 0 bridgehead atoms. The van der Waals surface area contributed by atoms with Gasteiger partial charge >= 0.3 is 0 Å². The molecule has 3 atom stereocenters. The first-order chi connectivity index (χ1) is 8.69. The van der Waals surface area contributed by atoms with E-state index in [0.29, 0.717) is 12.6 Å². The zero-order valence-electron chi connectivity index (χ0n) is 10.8. The highest BCUT2D eigenvalue weighted by molar-refractivity contribution is 7.99. The van der Waals surface area contributed by atoms with Crippen LogP contribution in [0.4, 0.5) is 0 Å². The predicted molar refractivity (Wildman–Crippen MR) is 72.3 cm³/mol. The van der Waals surface area contributed by atoms with Crippen LogP contribution < -0.4 is 5.73 Å². The van der Waals surface area contributed by atoms with Crippen LogP contribution in [0, 0.1) is 0 Å². The van der Waals surface area contributed by atoms with Crippen LogP contribution in [0.3, 0.4) is 0 Å². The Morgan fingerprint density at radius 2 is 2.11 bits per heavy atom. The molecule has 0 aromatic carbocycles. The summed E-state index contributed by atoms with van der Waals surface area (Å²) in [5.41, 5.74) is 5.82. The average molecular weight is 268 g/mol. The van der Waals surface area contributed by atoms with Gasteiger partial charge in [-0.25, -0.2) is 9.97 Å². The van der Waals surface area contributed by atoms with Crippen molar-refractivity contribution in [1.82, 2.24) is 14.9 Å². The van der Waals surface area contributed by atoms with Gasteiger partial charge in [0.05, 0.1) is 6.10 Å². The largest absolute Gasteiger partial charge is 0.362 e. The molecule has 6 heteroatoms. The van der Waals surface area contributed by atoms with E-state index >= 15 is 0 Å². The van der Waals surface area contributed by atoms with Crippen molar-refractivity contribution in [3.05, 3.63) is 18.5 Å². The van der Waals surface area contributed by atoms with Crippen LogP contribution in [0.1, 0.15) is 12.8 Å². The third-order valence-corrected chi connectivity index (χ3v) is 4.10. The standard InChI is InChI=1S/C12H20N4OS/c1-16(2)9-6-10(8-13)17-11(7-9)18-12-14-4-3-5-15-12/h3-5,9-11H,6-8,13H2,1-2H3. The second-order valence-corrected chi connectivity index (χ2v) is 5.79. The number of hydrogen-bond acceptors (Lipinski definition) is 6. The molecule has 18 heavy (non-hydrogen) atoms. The molecule has 1 aliphatic heterocycles. The molecule has 1 saturated heterocycles. The van der Waals surface area contributed by atoms with Crippen LogP contribution in [0.15, 0.2) is 23.6 Å². The molecule has 0 radical (unpaired) electrons. The van der Waals surface area contributed by atoms with Crippen LogP contribution in [-0.2, 0) is 4.74 Å². The van der Waals surface area contributed by atoms with Gasteiger partial charge in [0, 0.05) is 25.0 Å². The van der Waals surface area contributed by atoms with Gasteiger partial charge in [0.25, 0.3) is 0 Å². The van der Waals surface area contributed by atoms with Crippen molar-refractivity contribution in [2.24, 2.45) is 5.73 Å². The minimum atomic E-state index is 0.0853. The van der Waals surface area contributed by atoms with Gasteiger partial charge < -0.3 is 15.4 Å². The quantitative estimate of drug-likeness (QED) is 0.821. The van der Waals surface area contributed by atoms with Crippen LogP contribution in [0.25, 0.3) is 0 Å². The summed E-state index contributed by atoms with van der Waals surface area (Å²) in [6.45, 7) is 0.567. The Bertz CT molecular complexity index is 362. The zero-order chi connectivity index (χ0) is 13.0. The van der Waals surface area contributed by atoms with E-state index in [4.69, 9.17) is 10.5 Å². The summed E-state index contributed by atoms with van der Waals surface area (Å²) in [5, 5.41) is 0.762. The van der Waals surface area contributed by atoms with E-state index in [-0.39, 0.29) is 11.5 Å². The Kier molecular flexibility index (Phi) is 4.94. The molecule has 0 aliphatic carbocycles. The van der Waals surface area contributed by atoms with Crippen molar-refractivity contribution in [3.8, 4) is 0 Å². The Labute approximate surface area is 112 Å². The van der Waals surface area contributed by atoms with E-state index in [0.717, 1.165) is 18.0 Å². The van der Waals surface area contributed by atoms with Crippen molar-refractivity contribution in [1.29, 1.82) is 0 Å². The van der Waals surface area contributed by atoms with Crippen molar-refractivity contribution < 1.29 is 4.74 Å². The van der Waals surface area contributed by atoms with Crippen molar-refractivity contribution in [2.45, 2.75) is 35.6 Å². The Hall–Kier alpha value is -0.690. The first-order valence-corrected chi connectivity index (χ1v) is 7.02. The van der Waals surface area contributed by atoms with Gasteiger partial charge in [0.1, 0.15) is 5.44 Å². The molecule has 2 heterocycles. The Morgan fingerprint density at radius 3 is 2.72 bits per heavy atom. The third kappa shape index (κ3) is 3.65. The lowest BCUT2D eigenvalue weighted by Crippen LogP contribution is -2.44. The number of nitrogens with two attached hydrogens (primary N) is 1. The molecule has 0 amide bonds. The molecule has 1 aliphatic rings. The van der Waals surface area contributed by atoms with Crippen LogP contribution in [0.2, 0.25) is 0 Å². The summed E-state index contributed by atoms with van der Waals surface area (Å²) < 4.78 is 5.95. The van der Waals surface area contributed by atoms with Crippen LogP contribution in [-0.4, -0.2) is 53.1 Å². The van der Waals surface area contributed by atoms with E-state index in [2.05, 4.69) is 29.0 Å². The van der Waals surface area contributed by atoms with Gasteiger partial charge in [-0.3, -0.25) is 0 Å². The van der Waals surface area contributed by atoms with Crippen molar-refractivity contribution >= 4 is 11.8 Å². The lowest BCUT2D eigenvalue weighted by atomic mass is 10.0. The first kappa shape index (κ1) is 13.7. The molecule has 0 spiro atoms. The molecule has 2 N–H and O–H groups in total. The fourth-order valence-electron chi connectivity index (χ4n) is 2.06. The zero-order valence-corrected chi connectivity index (χ0v) is 11.6. The van der Waals surface area contributed by atoms with E-state index in [1.165, 1.54) is 0 Å². The number of hydrogen-bond donors (Lipinski definition) is 1. The van der Waals surface area contributed by atoms with E-state index in [1.54, 1.807) is 24.2 Å². The molecule has 5 nitrogen and oxygen atoms in total. The summed E-state index contributed by atoms with van der Waals surface area (Å²) in [6, 6.07) is 2.32. The molecular weight excluding hydrogens is 248 g/mol. The minimum absolute atomic E-state index is 0.0853. The van der Waals surface area contributed by atoms with Gasteiger partial charge in [-0.15, -0.1) is 0 Å². The minimum Gasteiger partial charge on any atom is -0.362 e. The number of ether oxygens (including phenoxy) is 1. The Balaban J connectivity index is 1.99. The second kappa shape index (κ2) is 6.47. The molecule has 3 unspecified atom stereocenters. The monoisotopic (exact) mass is 268 g/mol. The predicted octanol–water partition coefficient (Wildman–Crippen LogP) is 0.963. The second-order valence-electron chi connectivity index (χ2n) is 4.66. The van der Waals surface area contributed by atoms with Gasteiger partial charge in [-0.2, -0.15) is 0 Å². The number of thioether (sulfide) groups is 1. The van der Waals surface area contributed by atoms with E-state index < -0.39 is 0 Å². The van der Waals surface area contributed by atoms with Gasteiger partial charge in [0.2, 0.25) is 0 Å². The highest BCUT2D eigenvalue weighted by Crippen LogP contribution is 2.31. The smallest absolute Gasteiger partial charge is 0.189 e. The highest BCUT2D eigenvalue weighted by Gasteiger charge is 2.30. The highest BCUT2D eigenvalue weighted by atomic mass is 32.2. The van der Waals surface area contributed by atoms with Crippen molar-refractivity contribution in [3.63, 3.8) is 0 Å². The molecule has 1 fully saturated rings. The summed E-state index contributed by atoms with van der Waals surface area (Å²) in [6.07, 6.45) is 5.61. The number of nitrogens with zero attached hydrogens (tertiary/aromatic N) is 3. The van der Waals surface area contributed by atoms with Crippen LogP contribution in [0.5, 0.6) is 0 Å². The molecule has 1 aromatic rings. The van der Waals surface area contributed by atoms with E-state index in [9.17, 15) is 0 Å². The maximum absolute atomic E-state index is 5.95. The molecule has 2 rings (SSSR count). The molecular formula is C12H20N4OS. The molecule has 0 saturated carbocycles. The average Bonchev–Trinajstić information content (AvgIpc) is 2.39. The lowest BCUT2D eigenvalue weighted by Gasteiger charge is -2.37. The summed E-state index contributed by atoms with van der Waals surface area (Å²) in [4.78, 5) is 10.7. The summed E-state index contributed by atoms with van der Waals surface area (Å²) in [5.74, 6) is 0.